The van der Waals surface area contributed by atoms with E-state index in [0.29, 0.717) is 29.1 Å². The molecule has 0 radical (unpaired) electrons. The average Bonchev–Trinajstić information content (AvgIpc) is 2.72. The largest absolute Gasteiger partial charge is 0.481 e. The monoisotopic (exact) mass is 456 g/mol. The van der Waals surface area contributed by atoms with Crippen molar-refractivity contribution in [3.63, 3.8) is 0 Å². The molecule has 5 aliphatic rings. The van der Waals surface area contributed by atoms with Crippen LogP contribution in [0.3, 0.4) is 0 Å². The molecule has 0 saturated heterocycles. The van der Waals surface area contributed by atoms with Gasteiger partial charge in [-0.1, -0.05) is 53.2 Å². The summed E-state index contributed by atoms with van der Waals surface area (Å²) >= 11 is 0. The van der Waals surface area contributed by atoms with Gasteiger partial charge in [0.15, 0.2) is 0 Å². The Kier molecular flexibility index (Phi) is 4.99. The van der Waals surface area contributed by atoms with Crippen molar-refractivity contribution in [1.29, 1.82) is 0 Å². The van der Waals surface area contributed by atoms with Gasteiger partial charge >= 0.3 is 5.97 Å². The average molecular weight is 457 g/mol. The van der Waals surface area contributed by atoms with Gasteiger partial charge in [-0.25, -0.2) is 0 Å². The predicted molar refractivity (Wildman–Crippen MR) is 133 cm³/mol. The van der Waals surface area contributed by atoms with Crippen LogP contribution in [0.5, 0.6) is 0 Å². The molecule has 33 heavy (non-hydrogen) atoms. The maximum absolute atomic E-state index is 12.5. The lowest BCUT2D eigenvalue weighted by atomic mass is 9.33. The highest BCUT2D eigenvalue weighted by Crippen LogP contribution is 2.75. The number of carbonyl (C=O) groups is 1. The number of aliphatic hydroxyl groups is 1. The number of rotatable bonds is 1. The van der Waals surface area contributed by atoms with E-state index in [1.165, 1.54) is 32.1 Å². The van der Waals surface area contributed by atoms with Crippen LogP contribution in [0, 0.1) is 50.2 Å². The molecule has 0 aliphatic heterocycles. The van der Waals surface area contributed by atoms with E-state index in [9.17, 15) is 15.0 Å². The summed E-state index contributed by atoms with van der Waals surface area (Å²) in [4.78, 5) is 12.5. The number of aliphatic hydroxyl groups excluding tert-OH is 1. The van der Waals surface area contributed by atoms with Gasteiger partial charge in [0.05, 0.1) is 11.5 Å². The van der Waals surface area contributed by atoms with E-state index in [0.717, 1.165) is 25.7 Å². The zero-order chi connectivity index (χ0) is 24.2. The summed E-state index contributed by atoms with van der Waals surface area (Å²) in [6, 6.07) is 0. The third-order valence-corrected chi connectivity index (χ3v) is 13.2. The van der Waals surface area contributed by atoms with Crippen LogP contribution in [-0.4, -0.2) is 22.3 Å². The lowest BCUT2D eigenvalue weighted by Gasteiger charge is -2.71. The Labute approximate surface area is 201 Å². The highest BCUT2D eigenvalue weighted by molar-refractivity contribution is 5.76. The highest BCUT2D eigenvalue weighted by atomic mass is 16.4. The number of allylic oxidation sites excluding steroid dienone is 2. The lowest BCUT2D eigenvalue weighted by molar-refractivity contribution is -0.216. The Morgan fingerprint density at radius 3 is 2.21 bits per heavy atom. The van der Waals surface area contributed by atoms with E-state index >= 15 is 0 Å². The summed E-state index contributed by atoms with van der Waals surface area (Å²) in [5, 5.41) is 21.1. The Hall–Kier alpha value is -0.830. The van der Waals surface area contributed by atoms with Gasteiger partial charge in [-0.3, -0.25) is 4.79 Å². The van der Waals surface area contributed by atoms with Crippen molar-refractivity contribution in [2.45, 2.75) is 119 Å². The van der Waals surface area contributed by atoms with Crippen LogP contribution in [-0.2, 0) is 4.79 Å². The van der Waals surface area contributed by atoms with Crippen molar-refractivity contribution in [3.8, 4) is 0 Å². The van der Waals surface area contributed by atoms with Crippen LogP contribution < -0.4 is 0 Å². The van der Waals surface area contributed by atoms with Crippen LogP contribution in [0.4, 0.5) is 0 Å². The molecule has 4 saturated carbocycles. The molecule has 186 valence electrons. The van der Waals surface area contributed by atoms with E-state index in [-0.39, 0.29) is 22.2 Å². The summed E-state index contributed by atoms with van der Waals surface area (Å²) in [5.41, 5.74) is 1.98. The number of aliphatic carboxylic acids is 1. The van der Waals surface area contributed by atoms with Gasteiger partial charge in [-0.15, -0.1) is 0 Å². The predicted octanol–water partition coefficient (Wildman–Crippen LogP) is 7.23. The van der Waals surface area contributed by atoms with Crippen molar-refractivity contribution in [2.24, 2.45) is 50.2 Å². The first-order chi connectivity index (χ1) is 15.1. The normalized spacial score (nSPS) is 55.3. The summed E-state index contributed by atoms with van der Waals surface area (Å²) in [5.74, 6) is 0.432. The fourth-order valence-corrected chi connectivity index (χ4v) is 10.5. The topological polar surface area (TPSA) is 57.5 Å². The first kappa shape index (κ1) is 23.9. The van der Waals surface area contributed by atoms with Gasteiger partial charge in [-0.05, 0) is 116 Å². The third-order valence-electron chi connectivity index (χ3n) is 13.2. The molecule has 0 spiro atoms. The molecule has 5 rings (SSSR count). The van der Waals surface area contributed by atoms with Gasteiger partial charge in [-0.2, -0.15) is 0 Å². The maximum Gasteiger partial charge on any atom is 0.312 e. The molecule has 4 fully saturated rings. The van der Waals surface area contributed by atoms with E-state index < -0.39 is 17.5 Å². The summed E-state index contributed by atoms with van der Waals surface area (Å²) in [6.07, 6.45) is 13.2. The number of hydrogen-bond acceptors (Lipinski definition) is 2. The molecular formula is C30H48O3. The molecule has 0 aromatic rings. The zero-order valence-electron chi connectivity index (χ0n) is 22.3. The minimum absolute atomic E-state index is 0.0308. The summed E-state index contributed by atoms with van der Waals surface area (Å²) in [6.45, 7) is 16.9. The quantitative estimate of drug-likeness (QED) is 0.409. The molecule has 3 heteroatoms. The molecule has 0 bridgehead atoms. The molecule has 0 heterocycles. The molecule has 0 aromatic carbocycles. The fraction of sp³-hybridized carbons (Fsp3) is 0.900. The maximum atomic E-state index is 12.5. The van der Waals surface area contributed by atoms with E-state index in [4.69, 9.17) is 0 Å². The van der Waals surface area contributed by atoms with Gasteiger partial charge in [0.25, 0.3) is 0 Å². The molecule has 2 N–H and O–H groups in total. The van der Waals surface area contributed by atoms with Crippen molar-refractivity contribution < 1.29 is 15.0 Å². The zero-order valence-corrected chi connectivity index (χ0v) is 22.3. The van der Waals surface area contributed by atoms with Gasteiger partial charge in [0.1, 0.15) is 0 Å². The lowest BCUT2D eigenvalue weighted by Crippen LogP contribution is -2.66. The second-order valence-corrected chi connectivity index (χ2v) is 15.0. The van der Waals surface area contributed by atoms with Crippen LogP contribution in [0.2, 0.25) is 0 Å². The Morgan fingerprint density at radius 1 is 0.879 bits per heavy atom. The van der Waals surface area contributed by atoms with Crippen LogP contribution in [0.1, 0.15) is 113 Å². The van der Waals surface area contributed by atoms with Crippen LogP contribution in [0.15, 0.2) is 11.6 Å². The number of carboxylic acid groups (broad SMARTS) is 1. The van der Waals surface area contributed by atoms with Crippen molar-refractivity contribution in [1.82, 2.24) is 0 Å². The van der Waals surface area contributed by atoms with Crippen LogP contribution >= 0.6 is 0 Å². The van der Waals surface area contributed by atoms with Crippen molar-refractivity contribution in [2.75, 3.05) is 0 Å². The van der Waals surface area contributed by atoms with Crippen molar-refractivity contribution in [3.05, 3.63) is 11.6 Å². The van der Waals surface area contributed by atoms with Gasteiger partial charge in [0, 0.05) is 0 Å². The molecular weight excluding hydrogens is 408 g/mol. The Balaban J connectivity index is 1.58. The fourth-order valence-electron chi connectivity index (χ4n) is 10.5. The Morgan fingerprint density at radius 2 is 1.55 bits per heavy atom. The number of carboxylic acids is 1. The number of hydrogen-bond donors (Lipinski definition) is 2. The molecule has 0 aromatic heterocycles. The minimum atomic E-state index is -1.03. The van der Waals surface area contributed by atoms with Gasteiger partial charge < -0.3 is 10.2 Å². The summed E-state index contributed by atoms with van der Waals surface area (Å²) in [7, 11) is 0. The smallest absolute Gasteiger partial charge is 0.312 e. The van der Waals surface area contributed by atoms with Gasteiger partial charge in [0.2, 0.25) is 0 Å². The van der Waals surface area contributed by atoms with E-state index in [1.54, 1.807) is 5.57 Å². The van der Waals surface area contributed by atoms with E-state index in [2.05, 4.69) is 47.6 Å². The second kappa shape index (κ2) is 6.89. The minimum Gasteiger partial charge on any atom is -0.481 e. The first-order valence-corrected chi connectivity index (χ1v) is 13.8. The summed E-state index contributed by atoms with van der Waals surface area (Å²) < 4.78 is 0. The second-order valence-electron chi connectivity index (χ2n) is 15.0. The Bertz CT molecular complexity index is 889. The molecule has 3 nitrogen and oxygen atoms in total. The first-order valence-electron chi connectivity index (χ1n) is 13.8. The van der Waals surface area contributed by atoms with Crippen LogP contribution in [0.25, 0.3) is 0 Å². The van der Waals surface area contributed by atoms with E-state index in [1.807, 2.05) is 6.92 Å². The molecule has 0 unspecified atom stereocenters. The van der Waals surface area contributed by atoms with Crippen molar-refractivity contribution >= 4 is 5.97 Å². The molecule has 0 amide bonds. The number of fused-ring (bicyclic) bond motifs is 7. The third kappa shape index (κ3) is 2.87. The highest BCUT2D eigenvalue weighted by Gasteiger charge is 2.69. The SMILES string of the molecule is CC1(C)CC[C@]2(C)CC[C@]3(C)C(=CC[C@@H]4[C@@]5(C)CC[C@@H](O)[C@](C)(C(=O)O)[C@@H]5CC[C@]43C)[C@H]2C1. The molecule has 5 aliphatic carbocycles. The standard InChI is InChI=1S/C30H48O3/c1-25(2)14-15-26(3)16-17-28(5)19(20(26)18-25)8-9-21-27(4)12-11-23(31)30(7,24(32)33)22(27)10-13-29(21,28)6/h8,20-23,31H,9-18H2,1-7H3,(H,32,33)/t20-,21-,22-,23-,26-,27-,28-,29-,30-/m1/s1. The molecule has 9 atom stereocenters.